The summed E-state index contributed by atoms with van der Waals surface area (Å²) in [5.74, 6) is -1.36. The Hall–Kier alpha value is -4.38. The Bertz CT molecular complexity index is 1550. The average Bonchev–Trinajstić information content (AvgIpc) is 2.94. The molecule has 0 bridgehead atoms. The van der Waals surface area contributed by atoms with E-state index in [0.29, 0.717) is 11.1 Å². The molecule has 3 aromatic rings. The molecule has 1 saturated heterocycles. The Balaban J connectivity index is 1.51. The molecule has 206 valence electrons. The number of esters is 1. The van der Waals surface area contributed by atoms with Crippen LogP contribution in [0.5, 0.6) is 0 Å². The number of nitrogens with zero attached hydrogens (tertiary/aromatic N) is 1. The van der Waals surface area contributed by atoms with E-state index in [9.17, 15) is 24.0 Å². The summed E-state index contributed by atoms with van der Waals surface area (Å²) in [5.41, 5.74) is 4.43. The van der Waals surface area contributed by atoms with Crippen LogP contribution in [0.3, 0.4) is 0 Å². The fourth-order valence-corrected chi connectivity index (χ4v) is 6.04. The van der Waals surface area contributed by atoms with Gasteiger partial charge in [0.2, 0.25) is 10.9 Å². The summed E-state index contributed by atoms with van der Waals surface area (Å²) in [4.78, 5) is 65.2. The van der Waals surface area contributed by atoms with Gasteiger partial charge in [-0.05, 0) is 31.9 Å². The van der Waals surface area contributed by atoms with Crippen LogP contribution in [-0.2, 0) is 19.1 Å². The Kier molecular flexibility index (Phi) is 7.01. The first-order chi connectivity index (χ1) is 19.0. The van der Waals surface area contributed by atoms with Crippen LogP contribution >= 0.6 is 11.8 Å². The van der Waals surface area contributed by atoms with Crippen LogP contribution in [0.2, 0.25) is 0 Å². The third kappa shape index (κ3) is 4.88. The van der Waals surface area contributed by atoms with E-state index in [-0.39, 0.29) is 28.3 Å². The van der Waals surface area contributed by atoms with Crippen molar-refractivity contribution >= 4 is 41.0 Å². The Morgan fingerprint density at radius 1 is 0.975 bits per heavy atom. The van der Waals surface area contributed by atoms with E-state index in [1.165, 1.54) is 16.7 Å². The van der Waals surface area contributed by atoms with E-state index in [2.05, 4.69) is 5.32 Å². The zero-order valence-electron chi connectivity index (χ0n) is 22.0. The zero-order valence-corrected chi connectivity index (χ0v) is 22.8. The lowest BCUT2D eigenvalue weighted by atomic mass is 9.94. The van der Waals surface area contributed by atoms with Gasteiger partial charge in [0.25, 0.3) is 5.91 Å². The maximum Gasteiger partial charge on any atom is 0.408 e. The van der Waals surface area contributed by atoms with Crippen molar-refractivity contribution < 1.29 is 23.9 Å². The molecule has 1 fully saturated rings. The first-order valence-corrected chi connectivity index (χ1v) is 13.6. The van der Waals surface area contributed by atoms with Crippen molar-refractivity contribution in [3.63, 3.8) is 0 Å². The summed E-state index contributed by atoms with van der Waals surface area (Å²) in [6.07, 6.45) is -1.60. The average molecular weight is 562 g/mol. The van der Waals surface area contributed by atoms with Crippen LogP contribution in [0.25, 0.3) is 5.57 Å². The summed E-state index contributed by atoms with van der Waals surface area (Å²) >= 11 is 1.22. The highest BCUT2D eigenvalue weighted by Gasteiger charge is 2.55. The van der Waals surface area contributed by atoms with Gasteiger partial charge in [0, 0.05) is 11.3 Å². The van der Waals surface area contributed by atoms with Crippen molar-refractivity contribution in [1.82, 2.24) is 10.2 Å². The van der Waals surface area contributed by atoms with E-state index >= 15 is 0 Å². The second-order valence-corrected chi connectivity index (χ2v) is 11.5. The van der Waals surface area contributed by atoms with E-state index in [0.717, 1.165) is 0 Å². The van der Waals surface area contributed by atoms with Crippen LogP contribution in [0.1, 0.15) is 43.6 Å². The van der Waals surface area contributed by atoms with Crippen molar-refractivity contribution in [2.45, 2.75) is 43.9 Å². The van der Waals surface area contributed by atoms with Crippen molar-refractivity contribution in [3.05, 3.63) is 103 Å². The lowest BCUT2D eigenvalue weighted by Gasteiger charge is -2.49. The molecule has 0 aliphatic carbocycles. The van der Waals surface area contributed by atoms with Crippen molar-refractivity contribution in [2.24, 2.45) is 0 Å². The van der Waals surface area contributed by atoms with Gasteiger partial charge in [-0.3, -0.25) is 19.3 Å². The Labute approximate surface area is 233 Å². The van der Waals surface area contributed by atoms with Gasteiger partial charge < -0.3 is 20.5 Å². The molecule has 2 heterocycles. The molecule has 2 atom stereocenters. The van der Waals surface area contributed by atoms with Gasteiger partial charge in [0.1, 0.15) is 22.7 Å². The lowest BCUT2D eigenvalue weighted by Crippen LogP contribution is -2.70. The number of hydrogen-bond acceptors (Lipinski definition) is 9. The summed E-state index contributed by atoms with van der Waals surface area (Å²) in [7, 11) is 0. The Morgan fingerprint density at radius 3 is 2.08 bits per heavy atom. The first kappa shape index (κ1) is 27.2. The number of nitrogens with one attached hydrogen (secondary N) is 1. The van der Waals surface area contributed by atoms with E-state index in [4.69, 9.17) is 15.2 Å². The van der Waals surface area contributed by atoms with Crippen LogP contribution < -0.4 is 21.9 Å². The zero-order chi connectivity index (χ0) is 28.8. The number of carbonyl (C=O) groups is 3. The maximum absolute atomic E-state index is 13.9. The smallest absolute Gasteiger partial charge is 0.408 e. The van der Waals surface area contributed by atoms with Gasteiger partial charge in [-0.2, -0.15) is 0 Å². The summed E-state index contributed by atoms with van der Waals surface area (Å²) in [6.45, 7) is 5.10. The van der Waals surface area contributed by atoms with Crippen molar-refractivity contribution in [2.75, 3.05) is 11.5 Å². The normalized spacial score (nSPS) is 18.8. The molecule has 0 aromatic heterocycles. The number of ether oxygens (including phenoxy) is 2. The molecule has 10 nitrogen and oxygen atoms in total. The molecule has 3 N–H and O–H groups in total. The number of hydrogen-bond donors (Lipinski definition) is 2. The number of β-lactam (4-membered cyclic amide) rings is 1. The van der Waals surface area contributed by atoms with Crippen LogP contribution in [-0.4, -0.2) is 45.6 Å². The molecule has 0 radical (unpaired) electrons. The highest BCUT2D eigenvalue weighted by Crippen LogP contribution is 2.44. The van der Waals surface area contributed by atoms with Crippen LogP contribution in [0, 0.1) is 0 Å². The molecular formula is C29H27N3O7S. The number of nitrogens with two attached hydrogens (primary N) is 1. The second kappa shape index (κ2) is 10.3. The first-order valence-electron chi connectivity index (χ1n) is 12.6. The highest BCUT2D eigenvalue weighted by atomic mass is 32.2. The van der Waals surface area contributed by atoms with E-state index in [1.54, 1.807) is 20.8 Å². The SMILES string of the molecule is CC(C)(C)OC(=O)NC1C(=O)N2C(C(=O)OC(c3ccccc3)c3ccccc3)=C(c3c(N)c(=O)c3=O)CS[C@H]12. The summed E-state index contributed by atoms with van der Waals surface area (Å²) < 4.78 is 11.3. The van der Waals surface area contributed by atoms with Gasteiger partial charge in [-0.1, -0.05) is 60.7 Å². The number of alkyl carbamates (subject to hydrolysis) is 1. The number of rotatable bonds is 6. The molecule has 11 heteroatoms. The fraction of sp³-hybridized carbons (Fsp3) is 0.276. The van der Waals surface area contributed by atoms with Gasteiger partial charge >= 0.3 is 12.1 Å². The molecule has 5 rings (SSSR count). The number of thioether (sulfide) groups is 1. The highest BCUT2D eigenvalue weighted by molar-refractivity contribution is 8.00. The molecule has 2 aliphatic rings. The minimum absolute atomic E-state index is 0.0851. The monoisotopic (exact) mass is 561 g/mol. The third-order valence-electron chi connectivity index (χ3n) is 6.51. The molecule has 0 spiro atoms. The predicted octanol–water partition coefficient (Wildman–Crippen LogP) is 2.72. The standard InChI is InChI=1S/C29H27N3O7S/c1-29(2,3)39-28(37)31-20-25(35)32-21(17(14-40-26(20)32)18-19(30)23(34)22(18)33)27(36)38-24(15-10-6-4-7-11-15)16-12-8-5-9-13-16/h4-13,20,24,26H,14,30H2,1-3H3,(H,31,37)/t20?,26-/m1/s1. The number of fused-ring (bicyclic) bond motifs is 1. The minimum atomic E-state index is -0.965. The maximum atomic E-state index is 13.9. The third-order valence-corrected chi connectivity index (χ3v) is 7.79. The van der Waals surface area contributed by atoms with Crippen LogP contribution in [0.15, 0.2) is 75.9 Å². The second-order valence-electron chi connectivity index (χ2n) is 10.4. The van der Waals surface area contributed by atoms with Crippen LogP contribution in [0.4, 0.5) is 10.5 Å². The number of nitrogen functional groups attached to an aromatic ring is 1. The molecular weight excluding hydrogens is 534 g/mol. The van der Waals surface area contributed by atoms with Gasteiger partial charge in [-0.15, -0.1) is 11.8 Å². The van der Waals surface area contributed by atoms with E-state index in [1.807, 2.05) is 60.7 Å². The molecule has 40 heavy (non-hydrogen) atoms. The minimum Gasteiger partial charge on any atom is -0.448 e. The largest absolute Gasteiger partial charge is 0.448 e. The molecule has 2 amide bonds. The Morgan fingerprint density at radius 2 is 1.55 bits per heavy atom. The number of anilines is 1. The topological polar surface area (TPSA) is 145 Å². The van der Waals surface area contributed by atoms with E-state index < -0.39 is 51.9 Å². The van der Waals surface area contributed by atoms with Crippen molar-refractivity contribution in [3.8, 4) is 0 Å². The summed E-state index contributed by atoms with van der Waals surface area (Å²) in [6, 6.07) is 17.2. The fourth-order valence-electron chi connectivity index (χ4n) is 4.69. The lowest BCUT2D eigenvalue weighted by molar-refractivity contribution is -0.153. The predicted molar refractivity (Wildman–Crippen MR) is 150 cm³/mol. The number of amides is 2. The molecule has 3 aromatic carbocycles. The van der Waals surface area contributed by atoms with Crippen molar-refractivity contribution in [1.29, 1.82) is 0 Å². The number of carbonyl (C=O) groups excluding carboxylic acids is 3. The number of benzene rings is 2. The van der Waals surface area contributed by atoms with Gasteiger partial charge in [0.15, 0.2) is 6.10 Å². The molecule has 0 saturated carbocycles. The quantitative estimate of drug-likeness (QED) is 0.264. The van der Waals surface area contributed by atoms with Gasteiger partial charge in [0.05, 0.1) is 11.3 Å². The molecule has 2 aliphatic heterocycles. The molecule has 1 unspecified atom stereocenters. The van der Waals surface area contributed by atoms with Gasteiger partial charge in [-0.25, -0.2) is 9.59 Å². The summed E-state index contributed by atoms with van der Waals surface area (Å²) in [5, 5.41) is 1.90.